The van der Waals surface area contributed by atoms with Crippen LogP contribution in [0.4, 0.5) is 4.79 Å². The lowest BCUT2D eigenvalue weighted by atomic mass is 9.84. The first kappa shape index (κ1) is 33.8. The van der Waals surface area contributed by atoms with Crippen molar-refractivity contribution in [2.45, 2.75) is 59.4 Å². The minimum Gasteiger partial charge on any atom is -0.493 e. The van der Waals surface area contributed by atoms with Gasteiger partial charge in [0.2, 0.25) is 5.91 Å². The van der Waals surface area contributed by atoms with Gasteiger partial charge in [0.1, 0.15) is 6.61 Å². The number of hydrogen-bond donors (Lipinski definition) is 0. The Morgan fingerprint density at radius 3 is 2.23 bits per heavy atom. The number of methoxy groups -OCH3 is 2. The van der Waals surface area contributed by atoms with Gasteiger partial charge in [-0.3, -0.25) is 9.59 Å². The van der Waals surface area contributed by atoms with Crippen LogP contribution in [0.1, 0.15) is 62.9 Å². The Balaban J connectivity index is 1.67. The van der Waals surface area contributed by atoms with Crippen molar-refractivity contribution in [2.75, 3.05) is 34.0 Å². The van der Waals surface area contributed by atoms with E-state index in [0.717, 1.165) is 12.0 Å². The highest BCUT2D eigenvalue weighted by molar-refractivity contribution is 5.98. The number of rotatable bonds is 17. The van der Waals surface area contributed by atoms with Gasteiger partial charge in [0.15, 0.2) is 17.3 Å². The molecule has 3 atom stereocenters. The van der Waals surface area contributed by atoms with E-state index in [1.807, 2.05) is 70.2 Å². The van der Waals surface area contributed by atoms with Crippen LogP contribution in [0.25, 0.3) is 0 Å². The SMILES string of the molecule is COCCCOc1cc(C(=O)[C@@H](C/C=C/C[C@H](C(=O)N2C(=O)OC[C@@H]2Cc2ccccc2)C(C)C)C(C)C)ccc1OC. The number of allylic oxidation sites excluding steroid dienone is 2. The molecular weight excluding hydrogens is 546 g/mol. The molecule has 1 heterocycles. The monoisotopic (exact) mass is 593 g/mol. The largest absolute Gasteiger partial charge is 0.493 e. The second-order valence-corrected chi connectivity index (χ2v) is 11.7. The predicted octanol–water partition coefficient (Wildman–Crippen LogP) is 6.76. The molecule has 8 nitrogen and oxygen atoms in total. The Hall–Kier alpha value is -3.65. The van der Waals surface area contributed by atoms with E-state index in [-0.39, 0.29) is 48.0 Å². The molecule has 0 spiro atoms. The molecule has 0 aliphatic carbocycles. The van der Waals surface area contributed by atoms with Gasteiger partial charge in [0.25, 0.3) is 0 Å². The summed E-state index contributed by atoms with van der Waals surface area (Å²) in [5.74, 6) is 0.424. The smallest absolute Gasteiger partial charge is 0.416 e. The van der Waals surface area contributed by atoms with E-state index in [1.165, 1.54) is 4.90 Å². The fraction of sp³-hybridized carbons (Fsp3) is 0.514. The van der Waals surface area contributed by atoms with Crippen molar-refractivity contribution in [3.05, 3.63) is 71.8 Å². The zero-order valence-corrected chi connectivity index (χ0v) is 26.4. The molecule has 0 saturated carbocycles. The van der Waals surface area contributed by atoms with Gasteiger partial charge in [0.05, 0.1) is 19.8 Å². The molecule has 8 heteroatoms. The van der Waals surface area contributed by atoms with Gasteiger partial charge in [-0.2, -0.15) is 0 Å². The molecule has 0 unspecified atom stereocenters. The van der Waals surface area contributed by atoms with E-state index in [4.69, 9.17) is 18.9 Å². The van der Waals surface area contributed by atoms with Crippen molar-refractivity contribution in [3.63, 3.8) is 0 Å². The Bertz CT molecular complexity index is 1220. The van der Waals surface area contributed by atoms with E-state index >= 15 is 0 Å². The van der Waals surface area contributed by atoms with Gasteiger partial charge in [-0.05, 0) is 54.9 Å². The first-order valence-electron chi connectivity index (χ1n) is 15.2. The molecule has 234 valence electrons. The third-order valence-corrected chi connectivity index (χ3v) is 7.92. The molecule has 0 N–H and O–H groups in total. The molecule has 1 saturated heterocycles. The molecule has 1 fully saturated rings. The number of Topliss-reactive ketones (excluding diaryl/α,β-unsaturated/α-hetero) is 1. The minimum atomic E-state index is -0.576. The fourth-order valence-electron chi connectivity index (χ4n) is 5.31. The Labute approximate surface area is 256 Å². The molecule has 0 aromatic heterocycles. The lowest BCUT2D eigenvalue weighted by Gasteiger charge is -2.26. The van der Waals surface area contributed by atoms with Gasteiger partial charge in [-0.1, -0.05) is 70.2 Å². The molecule has 43 heavy (non-hydrogen) atoms. The van der Waals surface area contributed by atoms with Crippen molar-refractivity contribution in [1.82, 2.24) is 4.90 Å². The van der Waals surface area contributed by atoms with Gasteiger partial charge in [-0.25, -0.2) is 9.69 Å². The molecule has 2 amide bonds. The summed E-state index contributed by atoms with van der Waals surface area (Å²) in [5, 5.41) is 0. The van der Waals surface area contributed by atoms with E-state index < -0.39 is 6.09 Å². The summed E-state index contributed by atoms with van der Waals surface area (Å²) >= 11 is 0. The quantitative estimate of drug-likeness (QED) is 0.114. The number of nitrogens with zero attached hydrogens (tertiary/aromatic N) is 1. The molecule has 2 aromatic rings. The molecule has 0 bridgehead atoms. The van der Waals surface area contributed by atoms with E-state index in [0.29, 0.717) is 49.5 Å². The summed E-state index contributed by atoms with van der Waals surface area (Å²) in [6.45, 7) is 9.29. The molecular formula is C35H47NO7. The lowest BCUT2D eigenvalue weighted by molar-refractivity contribution is -0.134. The molecule has 1 aliphatic rings. The number of carbonyl (C=O) groups is 3. The zero-order chi connectivity index (χ0) is 31.4. The predicted molar refractivity (Wildman–Crippen MR) is 166 cm³/mol. The summed E-state index contributed by atoms with van der Waals surface area (Å²) in [5.41, 5.74) is 1.62. The fourth-order valence-corrected chi connectivity index (χ4v) is 5.31. The van der Waals surface area contributed by atoms with Crippen LogP contribution in [0.15, 0.2) is 60.7 Å². The average Bonchev–Trinajstić information content (AvgIpc) is 3.35. The van der Waals surface area contributed by atoms with Crippen LogP contribution < -0.4 is 9.47 Å². The van der Waals surface area contributed by atoms with Crippen molar-refractivity contribution in [3.8, 4) is 11.5 Å². The van der Waals surface area contributed by atoms with Crippen LogP contribution in [0.2, 0.25) is 0 Å². The summed E-state index contributed by atoms with van der Waals surface area (Å²) in [7, 11) is 3.22. The topological polar surface area (TPSA) is 91.4 Å². The Morgan fingerprint density at radius 2 is 1.60 bits per heavy atom. The van der Waals surface area contributed by atoms with Crippen LogP contribution >= 0.6 is 0 Å². The average molecular weight is 594 g/mol. The third-order valence-electron chi connectivity index (χ3n) is 7.92. The molecule has 1 aliphatic heterocycles. The lowest BCUT2D eigenvalue weighted by Crippen LogP contribution is -2.44. The zero-order valence-electron chi connectivity index (χ0n) is 26.4. The first-order chi connectivity index (χ1) is 20.7. The van der Waals surface area contributed by atoms with Crippen molar-refractivity contribution >= 4 is 17.8 Å². The maximum Gasteiger partial charge on any atom is 0.416 e. The normalized spacial score (nSPS) is 16.5. The number of amides is 2. The maximum atomic E-state index is 13.6. The summed E-state index contributed by atoms with van der Waals surface area (Å²) < 4.78 is 21.7. The Morgan fingerprint density at radius 1 is 0.930 bits per heavy atom. The Kier molecular flexibility index (Phi) is 13.3. The number of imide groups is 1. The van der Waals surface area contributed by atoms with Crippen molar-refractivity contribution in [2.24, 2.45) is 23.7 Å². The number of ether oxygens (including phenoxy) is 4. The highest BCUT2D eigenvalue weighted by Crippen LogP contribution is 2.31. The first-order valence-corrected chi connectivity index (χ1v) is 15.2. The van der Waals surface area contributed by atoms with Crippen molar-refractivity contribution in [1.29, 1.82) is 0 Å². The van der Waals surface area contributed by atoms with Gasteiger partial charge < -0.3 is 18.9 Å². The minimum absolute atomic E-state index is 0.0204. The van der Waals surface area contributed by atoms with Gasteiger partial charge in [-0.15, -0.1) is 0 Å². The second kappa shape index (κ2) is 16.8. The number of carbonyl (C=O) groups excluding carboxylic acids is 3. The molecule has 0 radical (unpaired) electrons. The highest BCUT2D eigenvalue weighted by Gasteiger charge is 2.41. The van der Waals surface area contributed by atoms with Gasteiger partial charge in [0, 0.05) is 37.5 Å². The van der Waals surface area contributed by atoms with E-state index in [9.17, 15) is 14.4 Å². The third kappa shape index (κ3) is 9.42. The number of hydrogen-bond acceptors (Lipinski definition) is 7. The maximum absolute atomic E-state index is 13.6. The van der Waals surface area contributed by atoms with Crippen LogP contribution in [0, 0.1) is 23.7 Å². The van der Waals surface area contributed by atoms with Gasteiger partial charge >= 0.3 is 6.09 Å². The van der Waals surface area contributed by atoms with Crippen LogP contribution in [0.5, 0.6) is 11.5 Å². The van der Waals surface area contributed by atoms with Crippen molar-refractivity contribution < 1.29 is 33.3 Å². The number of cyclic esters (lactones) is 1. The van der Waals surface area contributed by atoms with E-state index in [1.54, 1.807) is 32.4 Å². The van der Waals surface area contributed by atoms with Crippen LogP contribution in [0.3, 0.4) is 0 Å². The summed E-state index contributed by atoms with van der Waals surface area (Å²) in [6, 6.07) is 14.8. The van der Waals surface area contributed by atoms with E-state index in [2.05, 4.69) is 0 Å². The summed E-state index contributed by atoms with van der Waals surface area (Å²) in [4.78, 5) is 41.1. The standard InChI is InChI=1S/C35H47NO7/c1-24(2)29(33(37)27-17-18-31(41-6)32(22-27)42-20-12-19-40-5)15-10-11-16-30(25(3)4)34(38)36-28(23-43-35(36)39)21-26-13-8-7-9-14-26/h7-11,13-14,17-18,22,24-25,28-30H,12,15-16,19-21,23H2,1-6H3/b11-10+/t28-,29-,30-/m0/s1. The second-order valence-electron chi connectivity index (χ2n) is 11.7. The number of benzene rings is 2. The molecule has 2 aromatic carbocycles. The number of ketones is 1. The summed E-state index contributed by atoms with van der Waals surface area (Å²) in [6.07, 6.45) is 5.67. The van der Waals surface area contributed by atoms with Crippen LogP contribution in [-0.4, -0.2) is 62.8 Å². The molecule has 3 rings (SSSR count). The highest BCUT2D eigenvalue weighted by atomic mass is 16.6. The van der Waals surface area contributed by atoms with Crippen LogP contribution in [-0.2, 0) is 20.7 Å².